The molecule has 1 amide bonds. The molecule has 1 aliphatic rings. The number of aliphatic hydroxyl groups is 1. The minimum absolute atomic E-state index is 0.125. The third-order valence-corrected chi connectivity index (χ3v) is 6.02. The molecule has 0 saturated heterocycles. The van der Waals surface area contributed by atoms with Gasteiger partial charge < -0.3 is 5.11 Å². The molecule has 4 nitrogen and oxygen atoms in total. The Bertz CT molecular complexity index is 1080. The fourth-order valence-corrected chi connectivity index (χ4v) is 4.25. The van der Waals surface area contributed by atoms with E-state index in [1.165, 1.54) is 16.2 Å². The lowest BCUT2D eigenvalue weighted by Gasteiger charge is -2.28. The quantitative estimate of drug-likeness (QED) is 0.628. The van der Waals surface area contributed by atoms with Gasteiger partial charge in [0.05, 0.1) is 16.5 Å². The number of amides is 1. The van der Waals surface area contributed by atoms with Gasteiger partial charge in [-0.25, -0.2) is 0 Å². The number of hydrogen-bond donors (Lipinski definition) is 1. The highest BCUT2D eigenvalue weighted by Gasteiger charge is 2.45. The molecule has 0 spiro atoms. The lowest BCUT2D eigenvalue weighted by molar-refractivity contribution is -0.117. The molecule has 0 aliphatic carbocycles. The van der Waals surface area contributed by atoms with Crippen LogP contribution < -0.4 is 4.90 Å². The van der Waals surface area contributed by atoms with E-state index in [1.807, 2.05) is 67.8 Å². The minimum Gasteiger partial charge on any atom is -0.503 e. The molecule has 1 aliphatic heterocycles. The van der Waals surface area contributed by atoms with Crippen LogP contribution in [0.3, 0.4) is 0 Å². The first kappa shape index (κ1) is 18.2. The maximum Gasteiger partial charge on any atom is 0.294 e. The zero-order valence-corrected chi connectivity index (χ0v) is 16.4. The van der Waals surface area contributed by atoms with E-state index in [0.29, 0.717) is 10.6 Å². The van der Waals surface area contributed by atoms with Gasteiger partial charge in [-0.15, -0.1) is 11.3 Å². The van der Waals surface area contributed by atoms with Crippen molar-refractivity contribution in [3.05, 3.63) is 98.9 Å². The van der Waals surface area contributed by atoms with Crippen LogP contribution >= 0.6 is 11.3 Å². The van der Waals surface area contributed by atoms with Crippen molar-refractivity contribution in [3.8, 4) is 0 Å². The highest BCUT2D eigenvalue weighted by molar-refractivity contribution is 7.12. The van der Waals surface area contributed by atoms with E-state index in [1.54, 1.807) is 12.1 Å². The van der Waals surface area contributed by atoms with Gasteiger partial charge in [-0.3, -0.25) is 14.5 Å². The Balaban J connectivity index is 1.92. The molecule has 0 fully saturated rings. The maximum absolute atomic E-state index is 13.2. The van der Waals surface area contributed by atoms with E-state index in [4.69, 9.17) is 0 Å². The summed E-state index contributed by atoms with van der Waals surface area (Å²) in [5.74, 6) is -1.35. The standard InChI is InChI=1S/C23H19NO3S/c1-14-8-6-11-17(15(14)2)24-20(16-9-4-3-5-10-16)19(22(26)23(24)27)21(25)18-12-7-13-28-18/h3-13,20,26H,1-2H3. The van der Waals surface area contributed by atoms with Crippen LogP contribution in [0.25, 0.3) is 0 Å². The largest absolute Gasteiger partial charge is 0.503 e. The lowest BCUT2D eigenvalue weighted by atomic mass is 9.94. The topological polar surface area (TPSA) is 57.6 Å². The van der Waals surface area contributed by atoms with Crippen molar-refractivity contribution in [2.45, 2.75) is 19.9 Å². The van der Waals surface area contributed by atoms with Crippen LogP contribution in [0.1, 0.15) is 32.4 Å². The van der Waals surface area contributed by atoms with Gasteiger partial charge in [0.25, 0.3) is 5.91 Å². The summed E-state index contributed by atoms with van der Waals surface area (Å²) >= 11 is 1.30. The Hall–Kier alpha value is -3.18. The number of Topliss-reactive ketones (excluding diaryl/α,β-unsaturated/α-hetero) is 1. The predicted molar refractivity (Wildman–Crippen MR) is 111 cm³/mol. The number of aliphatic hydroxyl groups excluding tert-OH is 1. The van der Waals surface area contributed by atoms with Crippen LogP contribution in [-0.2, 0) is 4.79 Å². The number of rotatable bonds is 4. The zero-order chi connectivity index (χ0) is 19.8. The minimum atomic E-state index is -0.677. The fourth-order valence-electron chi connectivity index (χ4n) is 3.57. The van der Waals surface area contributed by atoms with Crippen LogP contribution in [0.2, 0.25) is 0 Å². The van der Waals surface area contributed by atoms with Crippen molar-refractivity contribution in [2.24, 2.45) is 0 Å². The number of nitrogens with zero attached hydrogens (tertiary/aromatic N) is 1. The van der Waals surface area contributed by atoms with Crippen molar-refractivity contribution in [3.63, 3.8) is 0 Å². The van der Waals surface area contributed by atoms with E-state index in [0.717, 1.165) is 16.7 Å². The van der Waals surface area contributed by atoms with E-state index in [-0.39, 0.29) is 11.4 Å². The molecule has 1 N–H and O–H groups in total. The summed E-state index contributed by atoms with van der Waals surface area (Å²) in [4.78, 5) is 28.3. The van der Waals surface area contributed by atoms with Crippen LogP contribution in [0.5, 0.6) is 0 Å². The van der Waals surface area contributed by atoms with Crippen molar-refractivity contribution in [1.82, 2.24) is 0 Å². The second-order valence-electron chi connectivity index (χ2n) is 6.78. The first-order valence-electron chi connectivity index (χ1n) is 8.96. The van der Waals surface area contributed by atoms with Crippen LogP contribution in [-0.4, -0.2) is 16.8 Å². The van der Waals surface area contributed by atoms with Gasteiger partial charge in [0, 0.05) is 5.69 Å². The number of benzene rings is 2. The molecule has 0 radical (unpaired) electrons. The van der Waals surface area contributed by atoms with Crippen LogP contribution in [0, 0.1) is 13.8 Å². The third kappa shape index (κ3) is 2.84. The molecular weight excluding hydrogens is 370 g/mol. The van der Waals surface area contributed by atoms with E-state index in [9.17, 15) is 14.7 Å². The van der Waals surface area contributed by atoms with Gasteiger partial charge in [0.1, 0.15) is 0 Å². The smallest absolute Gasteiger partial charge is 0.294 e. The molecular formula is C23H19NO3S. The van der Waals surface area contributed by atoms with Crippen molar-refractivity contribution < 1.29 is 14.7 Å². The fraction of sp³-hybridized carbons (Fsp3) is 0.130. The molecule has 4 rings (SSSR count). The summed E-state index contributed by atoms with van der Waals surface area (Å²) in [6.45, 7) is 3.91. The predicted octanol–water partition coefficient (Wildman–Crippen LogP) is 5.15. The Kier molecular flexibility index (Phi) is 4.61. The number of thiophene rings is 1. The SMILES string of the molecule is Cc1cccc(N2C(=O)C(O)=C(C(=O)c3cccs3)C2c2ccccc2)c1C. The Morgan fingerprint density at radius 3 is 2.43 bits per heavy atom. The molecule has 28 heavy (non-hydrogen) atoms. The van der Waals surface area contributed by atoms with E-state index < -0.39 is 17.7 Å². The summed E-state index contributed by atoms with van der Waals surface area (Å²) in [5.41, 5.74) is 3.57. The molecule has 1 unspecified atom stereocenters. The summed E-state index contributed by atoms with van der Waals surface area (Å²) in [6.07, 6.45) is 0. The van der Waals surface area contributed by atoms with Crippen LogP contribution in [0.15, 0.2) is 77.4 Å². The zero-order valence-electron chi connectivity index (χ0n) is 15.5. The molecule has 2 heterocycles. The molecule has 0 bridgehead atoms. The van der Waals surface area contributed by atoms with Gasteiger partial charge in [0.2, 0.25) is 5.78 Å². The Morgan fingerprint density at radius 1 is 1.00 bits per heavy atom. The normalized spacial score (nSPS) is 16.7. The van der Waals surface area contributed by atoms with Gasteiger partial charge >= 0.3 is 0 Å². The van der Waals surface area contributed by atoms with Gasteiger partial charge in [-0.2, -0.15) is 0 Å². The molecule has 140 valence electrons. The van der Waals surface area contributed by atoms with Gasteiger partial charge in [-0.05, 0) is 48.1 Å². The number of hydrogen-bond acceptors (Lipinski definition) is 4. The lowest BCUT2D eigenvalue weighted by Crippen LogP contribution is -2.31. The maximum atomic E-state index is 13.2. The van der Waals surface area contributed by atoms with Crippen LogP contribution in [0.4, 0.5) is 5.69 Å². The number of carbonyl (C=O) groups is 2. The summed E-state index contributed by atoms with van der Waals surface area (Å²) in [7, 11) is 0. The highest BCUT2D eigenvalue weighted by atomic mass is 32.1. The average molecular weight is 389 g/mol. The molecule has 0 saturated carbocycles. The first-order chi connectivity index (χ1) is 13.5. The molecule has 5 heteroatoms. The molecule has 1 aromatic heterocycles. The third-order valence-electron chi connectivity index (χ3n) is 5.15. The van der Waals surface area contributed by atoms with Crippen molar-refractivity contribution >= 4 is 28.7 Å². The first-order valence-corrected chi connectivity index (χ1v) is 9.84. The van der Waals surface area contributed by atoms with E-state index in [2.05, 4.69) is 0 Å². The summed E-state index contributed by atoms with van der Waals surface area (Å²) in [6, 6.07) is 17.9. The Morgan fingerprint density at radius 2 is 1.75 bits per heavy atom. The molecule has 1 atom stereocenters. The van der Waals surface area contributed by atoms with Gasteiger partial charge in [-0.1, -0.05) is 48.5 Å². The summed E-state index contributed by atoms with van der Waals surface area (Å²) < 4.78 is 0. The second-order valence-corrected chi connectivity index (χ2v) is 7.72. The molecule has 3 aromatic rings. The Labute approximate surface area is 167 Å². The average Bonchev–Trinajstić information content (AvgIpc) is 3.32. The second kappa shape index (κ2) is 7.09. The number of aryl methyl sites for hydroxylation is 1. The van der Waals surface area contributed by atoms with Crippen molar-refractivity contribution in [1.29, 1.82) is 0 Å². The van der Waals surface area contributed by atoms with Gasteiger partial charge in [0.15, 0.2) is 5.76 Å². The summed E-state index contributed by atoms with van der Waals surface area (Å²) in [5, 5.41) is 12.5. The van der Waals surface area contributed by atoms with E-state index >= 15 is 0 Å². The number of anilines is 1. The monoisotopic (exact) mass is 389 g/mol. The molecule has 2 aromatic carbocycles. The number of carbonyl (C=O) groups excluding carboxylic acids is 2. The number of ketones is 1. The highest BCUT2D eigenvalue weighted by Crippen LogP contribution is 2.43. The van der Waals surface area contributed by atoms with Crippen molar-refractivity contribution in [2.75, 3.05) is 4.90 Å².